The van der Waals surface area contributed by atoms with Crippen molar-refractivity contribution in [3.05, 3.63) is 89.0 Å². The molecule has 1 amide bonds. The molecule has 0 fully saturated rings. The number of nitrogens with one attached hydrogen (secondary N) is 1. The molecule has 0 radical (unpaired) electrons. The highest BCUT2D eigenvalue weighted by molar-refractivity contribution is 7.91. The molecule has 0 heterocycles. The first-order valence-electron chi connectivity index (χ1n) is 12.3. The molecule has 11 heteroatoms. The molecule has 40 heavy (non-hydrogen) atoms. The van der Waals surface area contributed by atoms with Crippen LogP contribution in [0.3, 0.4) is 0 Å². The molecule has 0 spiro atoms. The van der Waals surface area contributed by atoms with Gasteiger partial charge in [-0.1, -0.05) is 48.0 Å². The van der Waals surface area contributed by atoms with Gasteiger partial charge < -0.3 is 19.5 Å². The van der Waals surface area contributed by atoms with E-state index in [1.165, 1.54) is 39.2 Å². The van der Waals surface area contributed by atoms with Crippen LogP contribution in [0.1, 0.15) is 44.1 Å². The van der Waals surface area contributed by atoms with Crippen LogP contribution in [-0.2, 0) is 38.4 Å². The number of carbonyl (C=O) groups is 3. The van der Waals surface area contributed by atoms with Crippen LogP contribution in [0.25, 0.3) is 0 Å². The second-order valence-electron chi connectivity index (χ2n) is 8.81. The topological polar surface area (TPSA) is 137 Å². The maximum atomic E-state index is 13.7. The summed E-state index contributed by atoms with van der Waals surface area (Å²) in [7, 11) is -2.67. The van der Waals surface area contributed by atoms with Crippen molar-refractivity contribution in [2.45, 2.75) is 56.9 Å². The molecule has 2 aromatic rings. The molecule has 10 nitrogen and oxygen atoms in total. The molecular formula is C29H34N2O8S. The maximum Gasteiger partial charge on any atom is 0.328 e. The van der Waals surface area contributed by atoms with E-state index < -0.39 is 50.8 Å². The molecule has 214 valence electrons. The molecule has 0 saturated carbocycles. The molecule has 0 aliphatic rings. The second-order valence-corrected chi connectivity index (χ2v) is 10.9. The first-order valence-corrected chi connectivity index (χ1v) is 13.9. The summed E-state index contributed by atoms with van der Waals surface area (Å²) in [5.74, 6) is -2.76. The lowest BCUT2D eigenvalue weighted by atomic mass is 10.1. The second kappa shape index (κ2) is 14.2. The van der Waals surface area contributed by atoms with Crippen molar-refractivity contribution in [2.24, 2.45) is 4.99 Å². The highest BCUT2D eigenvalue weighted by Crippen LogP contribution is 2.33. The summed E-state index contributed by atoms with van der Waals surface area (Å²) in [6.07, 6.45) is 0.321. The fraction of sp³-hybridized carbons (Fsp3) is 0.310. The van der Waals surface area contributed by atoms with Crippen LogP contribution in [0, 0.1) is 6.92 Å². The van der Waals surface area contributed by atoms with E-state index in [4.69, 9.17) is 14.2 Å². The number of aliphatic imine (C=N–C) groups is 1. The van der Waals surface area contributed by atoms with E-state index in [0.29, 0.717) is 5.56 Å². The van der Waals surface area contributed by atoms with E-state index in [0.717, 1.165) is 12.5 Å². The van der Waals surface area contributed by atoms with Gasteiger partial charge in [0, 0.05) is 6.92 Å². The van der Waals surface area contributed by atoms with E-state index >= 15 is 0 Å². The van der Waals surface area contributed by atoms with Crippen molar-refractivity contribution in [1.29, 1.82) is 0 Å². The Bertz CT molecular complexity index is 1400. The van der Waals surface area contributed by atoms with E-state index in [1.807, 2.05) is 6.92 Å². The van der Waals surface area contributed by atoms with Crippen molar-refractivity contribution in [1.82, 2.24) is 5.32 Å². The van der Waals surface area contributed by atoms with Gasteiger partial charge in [0.1, 0.15) is 17.4 Å². The summed E-state index contributed by atoms with van der Waals surface area (Å²) < 4.78 is 43.2. The minimum atomic E-state index is -3.98. The summed E-state index contributed by atoms with van der Waals surface area (Å²) in [6, 6.07) is 13.6. The number of nitrogens with zero attached hydrogens (tertiary/aromatic N) is 1. The molecule has 1 N–H and O–H groups in total. The van der Waals surface area contributed by atoms with Crippen LogP contribution in [-0.4, -0.2) is 52.2 Å². The highest BCUT2D eigenvalue weighted by Gasteiger charge is 2.37. The third kappa shape index (κ3) is 7.89. The van der Waals surface area contributed by atoms with Gasteiger partial charge in [-0.05, 0) is 58.2 Å². The number of hydrogen-bond donors (Lipinski definition) is 1. The number of aryl methyl sites for hydroxylation is 1. The Morgan fingerprint density at radius 1 is 1.02 bits per heavy atom. The number of esters is 2. The Morgan fingerprint density at radius 3 is 2.12 bits per heavy atom. The SMILES string of the molecule is C=N/C(C(=O)N[C@@H](C)C(=O)O[C@@H](C)[C@@H](c1ccccc1)S(=O)(=O)c1ccc(C)cc1)=C(OC(C)=O)\C(=C/C)OC. The number of sulfone groups is 1. The fourth-order valence-electron chi connectivity index (χ4n) is 3.84. The van der Waals surface area contributed by atoms with Gasteiger partial charge in [0.05, 0.1) is 12.0 Å². The van der Waals surface area contributed by atoms with Crippen molar-refractivity contribution in [2.75, 3.05) is 7.11 Å². The fourth-order valence-corrected chi connectivity index (χ4v) is 5.72. The Kier molecular flexibility index (Phi) is 11.4. The number of carbonyl (C=O) groups excluding carboxylic acids is 3. The zero-order valence-electron chi connectivity index (χ0n) is 23.3. The third-order valence-electron chi connectivity index (χ3n) is 5.78. The molecule has 0 aliphatic carbocycles. The first-order chi connectivity index (χ1) is 18.9. The Morgan fingerprint density at radius 2 is 1.62 bits per heavy atom. The summed E-state index contributed by atoms with van der Waals surface area (Å²) >= 11 is 0. The van der Waals surface area contributed by atoms with Crippen LogP contribution in [0.15, 0.2) is 87.8 Å². The summed E-state index contributed by atoms with van der Waals surface area (Å²) in [5.41, 5.74) is 0.929. The number of amides is 1. The summed E-state index contributed by atoms with van der Waals surface area (Å²) in [4.78, 5) is 41.4. The van der Waals surface area contributed by atoms with Crippen LogP contribution in [0.4, 0.5) is 0 Å². The minimum Gasteiger partial charge on any atom is -0.493 e. The number of hydrogen-bond acceptors (Lipinski definition) is 9. The molecule has 2 rings (SSSR count). The number of ether oxygens (including phenoxy) is 3. The normalized spacial score (nSPS) is 14.6. The molecule has 0 saturated heterocycles. The summed E-state index contributed by atoms with van der Waals surface area (Å²) in [5, 5.41) is 1.20. The number of rotatable bonds is 12. The minimum absolute atomic E-state index is 0.0450. The van der Waals surface area contributed by atoms with Crippen LogP contribution in [0.2, 0.25) is 0 Å². The quantitative estimate of drug-likeness (QED) is 0.133. The lowest BCUT2D eigenvalue weighted by Gasteiger charge is -2.26. The van der Waals surface area contributed by atoms with Crippen molar-refractivity contribution in [3.63, 3.8) is 0 Å². The van der Waals surface area contributed by atoms with Crippen molar-refractivity contribution < 1.29 is 37.0 Å². The molecule has 0 bridgehead atoms. The third-order valence-corrected chi connectivity index (χ3v) is 8.03. The van der Waals surface area contributed by atoms with Gasteiger partial charge in [-0.25, -0.2) is 13.2 Å². The molecule has 0 unspecified atom stereocenters. The smallest absolute Gasteiger partial charge is 0.328 e. The van der Waals surface area contributed by atoms with Gasteiger partial charge in [0.2, 0.25) is 5.76 Å². The van der Waals surface area contributed by atoms with E-state index in [9.17, 15) is 22.8 Å². The van der Waals surface area contributed by atoms with Crippen LogP contribution < -0.4 is 5.32 Å². The maximum absolute atomic E-state index is 13.7. The highest BCUT2D eigenvalue weighted by atomic mass is 32.2. The Balaban J connectivity index is 2.34. The monoisotopic (exact) mass is 570 g/mol. The zero-order valence-corrected chi connectivity index (χ0v) is 24.2. The Hall–Kier alpha value is -4.25. The van der Waals surface area contributed by atoms with Crippen LogP contribution in [0.5, 0.6) is 0 Å². The van der Waals surface area contributed by atoms with Crippen molar-refractivity contribution >= 4 is 34.4 Å². The Labute approximate surface area is 234 Å². The predicted molar refractivity (Wildman–Crippen MR) is 150 cm³/mol. The number of methoxy groups -OCH3 is 1. The lowest BCUT2D eigenvalue weighted by molar-refractivity contribution is -0.151. The average Bonchev–Trinajstić information content (AvgIpc) is 2.90. The predicted octanol–water partition coefficient (Wildman–Crippen LogP) is 3.97. The van der Waals surface area contributed by atoms with Gasteiger partial charge in [-0.2, -0.15) is 0 Å². The van der Waals surface area contributed by atoms with Gasteiger partial charge in [0.15, 0.2) is 21.3 Å². The van der Waals surface area contributed by atoms with Crippen LogP contribution >= 0.6 is 0 Å². The molecule has 0 aliphatic heterocycles. The van der Waals surface area contributed by atoms with Gasteiger partial charge in [-0.3, -0.25) is 14.6 Å². The number of allylic oxidation sites excluding steroid dienone is 1. The standard InChI is InChI=1S/C29H34N2O8S/c1-8-24(37-7)26(39-21(5)32)25(30-6)28(33)31-19(3)29(34)38-20(4)27(22-12-10-9-11-13-22)40(35,36)23-16-14-18(2)15-17-23/h8-17,19-20,27H,6H2,1-5,7H3,(H,31,33)/b24-8+,26-25+/t19-,20-,27-/m0/s1. The molecule has 3 atom stereocenters. The molecule has 2 aromatic carbocycles. The lowest BCUT2D eigenvalue weighted by Crippen LogP contribution is -2.42. The van der Waals surface area contributed by atoms with Gasteiger partial charge in [0.25, 0.3) is 5.91 Å². The average molecular weight is 571 g/mol. The first kappa shape index (κ1) is 32.0. The molecule has 0 aromatic heterocycles. The van der Waals surface area contributed by atoms with Gasteiger partial charge >= 0.3 is 11.9 Å². The molecular weight excluding hydrogens is 536 g/mol. The van der Waals surface area contributed by atoms with E-state index in [2.05, 4.69) is 17.0 Å². The largest absolute Gasteiger partial charge is 0.493 e. The van der Waals surface area contributed by atoms with E-state index in [-0.39, 0.29) is 16.4 Å². The summed E-state index contributed by atoms with van der Waals surface area (Å²) in [6.45, 7) is 10.8. The number of benzene rings is 2. The van der Waals surface area contributed by atoms with Gasteiger partial charge in [-0.15, -0.1) is 0 Å². The zero-order chi connectivity index (χ0) is 30.0. The van der Waals surface area contributed by atoms with Crippen molar-refractivity contribution in [3.8, 4) is 0 Å². The van der Waals surface area contributed by atoms with E-state index in [1.54, 1.807) is 49.4 Å².